The van der Waals surface area contributed by atoms with Crippen molar-refractivity contribution < 1.29 is 14.6 Å². The van der Waals surface area contributed by atoms with Crippen LogP contribution in [0.25, 0.3) is 10.9 Å². The van der Waals surface area contributed by atoms with Gasteiger partial charge in [-0.15, -0.1) is 0 Å². The highest BCUT2D eigenvalue weighted by Crippen LogP contribution is 2.26. The number of carboxylic acids is 1. The van der Waals surface area contributed by atoms with Crippen molar-refractivity contribution in [2.45, 2.75) is 25.6 Å². The molecule has 0 fully saturated rings. The summed E-state index contributed by atoms with van der Waals surface area (Å²) in [5.74, 6) is -0.297. The SMILES string of the molecule is O=C(O)C(Cc1c[nH]c2ccccc12)NCc1cc(Cl)ccc1OCc1ccccc1Cl. The van der Waals surface area contributed by atoms with Gasteiger partial charge in [0.2, 0.25) is 0 Å². The van der Waals surface area contributed by atoms with Gasteiger partial charge in [-0.25, -0.2) is 0 Å². The van der Waals surface area contributed by atoms with Crippen LogP contribution < -0.4 is 10.1 Å². The summed E-state index contributed by atoms with van der Waals surface area (Å²) in [5.41, 5.74) is 3.57. The molecule has 0 saturated carbocycles. The number of aromatic amines is 1. The predicted molar refractivity (Wildman–Crippen MR) is 128 cm³/mol. The Morgan fingerprint density at radius 3 is 2.59 bits per heavy atom. The van der Waals surface area contributed by atoms with E-state index in [0.29, 0.717) is 28.8 Å². The van der Waals surface area contributed by atoms with Crippen LogP contribution in [0, 0.1) is 0 Å². The van der Waals surface area contributed by atoms with Crippen LogP contribution in [-0.2, 0) is 24.4 Å². The standard InChI is InChI=1S/C25H22Cl2N2O3/c26-19-9-10-24(32-15-16-5-1-3-7-21(16)27)18(11-19)14-29-23(25(30)31)12-17-13-28-22-8-4-2-6-20(17)22/h1-11,13,23,28-29H,12,14-15H2,(H,30,31). The number of hydrogen-bond acceptors (Lipinski definition) is 3. The van der Waals surface area contributed by atoms with Gasteiger partial charge in [-0.3, -0.25) is 10.1 Å². The maximum atomic E-state index is 11.9. The van der Waals surface area contributed by atoms with Gasteiger partial charge >= 0.3 is 5.97 Å². The van der Waals surface area contributed by atoms with Crippen LogP contribution >= 0.6 is 23.2 Å². The highest BCUT2D eigenvalue weighted by Gasteiger charge is 2.20. The molecule has 164 valence electrons. The number of carboxylic acid groups (broad SMARTS) is 1. The first-order valence-corrected chi connectivity index (χ1v) is 10.9. The zero-order valence-electron chi connectivity index (χ0n) is 17.1. The molecule has 0 spiro atoms. The van der Waals surface area contributed by atoms with E-state index in [4.69, 9.17) is 27.9 Å². The van der Waals surface area contributed by atoms with Crippen LogP contribution in [-0.4, -0.2) is 22.1 Å². The molecule has 1 atom stereocenters. The fourth-order valence-corrected chi connectivity index (χ4v) is 3.98. The summed E-state index contributed by atoms with van der Waals surface area (Å²) in [6.45, 7) is 0.587. The summed E-state index contributed by atoms with van der Waals surface area (Å²) >= 11 is 12.4. The lowest BCUT2D eigenvalue weighted by atomic mass is 10.0. The highest BCUT2D eigenvalue weighted by molar-refractivity contribution is 6.31. The average molecular weight is 469 g/mol. The van der Waals surface area contributed by atoms with Gasteiger partial charge in [-0.05, 0) is 35.9 Å². The zero-order chi connectivity index (χ0) is 22.5. The van der Waals surface area contributed by atoms with Crippen molar-refractivity contribution in [2.24, 2.45) is 0 Å². The third-order valence-electron chi connectivity index (χ3n) is 5.30. The van der Waals surface area contributed by atoms with Crippen molar-refractivity contribution in [1.82, 2.24) is 10.3 Å². The average Bonchev–Trinajstić information content (AvgIpc) is 3.19. The Hall–Kier alpha value is -2.99. The van der Waals surface area contributed by atoms with Crippen molar-refractivity contribution in [3.05, 3.63) is 99.7 Å². The Balaban J connectivity index is 1.48. The summed E-state index contributed by atoms with van der Waals surface area (Å²) in [7, 11) is 0. The third-order valence-corrected chi connectivity index (χ3v) is 5.90. The molecular weight excluding hydrogens is 447 g/mol. The van der Waals surface area contributed by atoms with Crippen LogP contribution in [0.3, 0.4) is 0 Å². The number of aromatic nitrogens is 1. The van der Waals surface area contributed by atoms with E-state index in [1.807, 2.05) is 54.7 Å². The van der Waals surface area contributed by atoms with Gasteiger partial charge in [0.05, 0.1) is 0 Å². The topological polar surface area (TPSA) is 74.3 Å². The van der Waals surface area contributed by atoms with E-state index in [1.54, 1.807) is 18.2 Å². The van der Waals surface area contributed by atoms with Crippen LogP contribution in [0.2, 0.25) is 10.0 Å². The number of ether oxygens (including phenoxy) is 1. The number of halogens is 2. The zero-order valence-corrected chi connectivity index (χ0v) is 18.7. The van der Waals surface area contributed by atoms with Crippen molar-refractivity contribution in [2.75, 3.05) is 0 Å². The smallest absolute Gasteiger partial charge is 0.321 e. The van der Waals surface area contributed by atoms with E-state index in [9.17, 15) is 9.90 Å². The minimum absolute atomic E-state index is 0.289. The van der Waals surface area contributed by atoms with Crippen LogP contribution in [0.15, 0.2) is 72.9 Å². The number of rotatable bonds is 9. The minimum Gasteiger partial charge on any atom is -0.489 e. The van der Waals surface area contributed by atoms with Gasteiger partial charge in [-0.1, -0.05) is 59.6 Å². The molecule has 1 unspecified atom stereocenters. The fraction of sp³-hybridized carbons (Fsp3) is 0.160. The second kappa shape index (κ2) is 10.1. The van der Waals surface area contributed by atoms with E-state index in [-0.39, 0.29) is 6.54 Å². The molecule has 3 aromatic carbocycles. The molecule has 0 saturated heterocycles. The number of benzene rings is 3. The molecule has 7 heteroatoms. The fourth-order valence-electron chi connectivity index (χ4n) is 3.60. The maximum Gasteiger partial charge on any atom is 0.321 e. The lowest BCUT2D eigenvalue weighted by Crippen LogP contribution is -2.38. The molecule has 0 bridgehead atoms. The molecule has 1 aromatic heterocycles. The molecule has 4 rings (SSSR count). The number of hydrogen-bond donors (Lipinski definition) is 3. The normalized spacial score (nSPS) is 12.1. The van der Waals surface area contributed by atoms with Crippen molar-refractivity contribution in [1.29, 1.82) is 0 Å². The van der Waals surface area contributed by atoms with Gasteiger partial charge in [0, 0.05) is 51.2 Å². The molecule has 0 radical (unpaired) electrons. The van der Waals surface area contributed by atoms with Gasteiger partial charge in [-0.2, -0.15) is 0 Å². The number of para-hydroxylation sites is 1. The first-order chi connectivity index (χ1) is 15.5. The van der Waals surface area contributed by atoms with Gasteiger partial charge in [0.25, 0.3) is 0 Å². The molecule has 0 amide bonds. The van der Waals surface area contributed by atoms with E-state index in [1.165, 1.54) is 0 Å². The second-order valence-electron chi connectivity index (χ2n) is 7.47. The summed E-state index contributed by atoms with van der Waals surface area (Å²) in [5, 5.41) is 15.1. The Bertz CT molecular complexity index is 1240. The summed E-state index contributed by atoms with van der Waals surface area (Å²) < 4.78 is 5.98. The molecule has 0 aliphatic rings. The number of H-pyrrole nitrogens is 1. The molecule has 0 aliphatic heterocycles. The summed E-state index contributed by atoms with van der Waals surface area (Å²) in [6.07, 6.45) is 2.20. The minimum atomic E-state index is -0.921. The Morgan fingerprint density at radius 1 is 1.00 bits per heavy atom. The van der Waals surface area contributed by atoms with Crippen molar-refractivity contribution >= 4 is 40.1 Å². The summed E-state index contributed by atoms with van der Waals surface area (Å²) in [6, 6.07) is 19.8. The molecule has 1 heterocycles. The number of nitrogens with one attached hydrogen (secondary N) is 2. The maximum absolute atomic E-state index is 11.9. The first-order valence-electron chi connectivity index (χ1n) is 10.2. The quantitative estimate of drug-likeness (QED) is 0.288. The van der Waals surface area contributed by atoms with Crippen molar-refractivity contribution in [3.63, 3.8) is 0 Å². The Kier molecular flexibility index (Phi) is 7.00. The van der Waals surface area contributed by atoms with Crippen LogP contribution in [0.5, 0.6) is 5.75 Å². The van der Waals surface area contributed by atoms with Crippen LogP contribution in [0.1, 0.15) is 16.7 Å². The molecular formula is C25H22Cl2N2O3. The number of carbonyl (C=O) groups is 1. The summed E-state index contributed by atoms with van der Waals surface area (Å²) in [4.78, 5) is 15.1. The van der Waals surface area contributed by atoms with Crippen molar-refractivity contribution in [3.8, 4) is 5.75 Å². The Morgan fingerprint density at radius 2 is 1.78 bits per heavy atom. The third kappa shape index (κ3) is 5.25. The van der Waals surface area contributed by atoms with Gasteiger partial charge in [0.1, 0.15) is 18.4 Å². The molecule has 5 nitrogen and oxygen atoms in total. The van der Waals surface area contributed by atoms with E-state index in [2.05, 4.69) is 10.3 Å². The van der Waals surface area contributed by atoms with E-state index in [0.717, 1.165) is 27.6 Å². The van der Waals surface area contributed by atoms with E-state index < -0.39 is 12.0 Å². The molecule has 4 aromatic rings. The first kappa shape index (κ1) is 22.2. The van der Waals surface area contributed by atoms with Gasteiger partial charge < -0.3 is 14.8 Å². The highest BCUT2D eigenvalue weighted by atomic mass is 35.5. The lowest BCUT2D eigenvalue weighted by Gasteiger charge is -2.17. The monoisotopic (exact) mass is 468 g/mol. The molecule has 3 N–H and O–H groups in total. The Labute approximate surface area is 195 Å². The number of aliphatic carboxylic acids is 1. The number of fused-ring (bicyclic) bond motifs is 1. The largest absolute Gasteiger partial charge is 0.489 e. The van der Waals surface area contributed by atoms with Crippen LogP contribution in [0.4, 0.5) is 0 Å². The molecule has 32 heavy (non-hydrogen) atoms. The van der Waals surface area contributed by atoms with Gasteiger partial charge in [0.15, 0.2) is 0 Å². The second-order valence-corrected chi connectivity index (χ2v) is 8.31. The predicted octanol–water partition coefficient (Wildman–Crippen LogP) is 5.84. The molecule has 0 aliphatic carbocycles. The van der Waals surface area contributed by atoms with E-state index >= 15 is 0 Å². The lowest BCUT2D eigenvalue weighted by molar-refractivity contribution is -0.139.